The first-order valence-electron chi connectivity index (χ1n) is 9.73. The summed E-state index contributed by atoms with van der Waals surface area (Å²) in [4.78, 5) is 15.0. The molecule has 2 aromatic rings. The van der Waals surface area contributed by atoms with Crippen molar-refractivity contribution in [2.45, 2.75) is 38.3 Å². The van der Waals surface area contributed by atoms with Crippen LogP contribution in [0.3, 0.4) is 0 Å². The van der Waals surface area contributed by atoms with Gasteiger partial charge in [-0.2, -0.15) is 0 Å². The van der Waals surface area contributed by atoms with Crippen LogP contribution in [-0.4, -0.2) is 36.6 Å². The molecule has 5 nitrogen and oxygen atoms in total. The van der Waals surface area contributed by atoms with Gasteiger partial charge in [0.15, 0.2) is 11.5 Å². The maximum atomic E-state index is 12.8. The molecule has 2 aliphatic rings. The van der Waals surface area contributed by atoms with E-state index in [4.69, 9.17) is 9.47 Å². The maximum Gasteiger partial charge on any atom is 0.241 e. The number of likely N-dealkylation sites (tertiary alicyclic amines) is 1. The minimum Gasteiger partial charge on any atom is -0.490 e. The van der Waals surface area contributed by atoms with E-state index in [2.05, 4.69) is 22.3 Å². The van der Waals surface area contributed by atoms with Crippen LogP contribution in [0.5, 0.6) is 11.5 Å². The molecule has 0 aliphatic carbocycles. The van der Waals surface area contributed by atoms with Gasteiger partial charge < -0.3 is 14.8 Å². The molecule has 1 amide bonds. The third-order valence-electron chi connectivity index (χ3n) is 5.37. The van der Waals surface area contributed by atoms with Crippen molar-refractivity contribution in [3.63, 3.8) is 0 Å². The Hall–Kier alpha value is -2.53. The first-order chi connectivity index (χ1) is 13.2. The van der Waals surface area contributed by atoms with E-state index in [1.807, 2.05) is 43.3 Å². The minimum absolute atomic E-state index is 0.0300. The molecule has 0 unspecified atom stereocenters. The van der Waals surface area contributed by atoms with Gasteiger partial charge in [0.05, 0.1) is 19.3 Å². The predicted octanol–water partition coefficient (Wildman–Crippen LogP) is 4.01. The minimum atomic E-state index is -0.200. The Morgan fingerprint density at radius 2 is 1.85 bits per heavy atom. The van der Waals surface area contributed by atoms with E-state index < -0.39 is 0 Å². The number of rotatable bonds is 4. The number of carbonyl (C=O) groups excluding carboxylic acids is 1. The molecule has 0 saturated carbocycles. The fourth-order valence-corrected chi connectivity index (χ4v) is 3.92. The highest BCUT2D eigenvalue weighted by molar-refractivity contribution is 5.94. The summed E-state index contributed by atoms with van der Waals surface area (Å²) in [6.07, 6.45) is 3.03. The van der Waals surface area contributed by atoms with Gasteiger partial charge in [0, 0.05) is 18.2 Å². The number of fused-ring (bicyclic) bond motifs is 1. The van der Waals surface area contributed by atoms with Gasteiger partial charge in [0.2, 0.25) is 5.91 Å². The standard InChI is InChI=1S/C22H26N2O3/c1-16(22(25)23-18-7-3-2-4-8-18)24-12-5-9-19(24)17-10-11-20-21(15-17)27-14-6-13-26-20/h2-4,7-8,10-11,15-16,19H,5-6,9,12-14H2,1H3,(H,23,25)/t16-,19-/m1/s1. The molecule has 1 N–H and O–H groups in total. The monoisotopic (exact) mass is 366 g/mol. The molecule has 0 spiro atoms. The van der Waals surface area contributed by atoms with Crippen LogP contribution in [0, 0.1) is 0 Å². The Balaban J connectivity index is 1.50. The quantitative estimate of drug-likeness (QED) is 0.888. The summed E-state index contributed by atoms with van der Waals surface area (Å²) in [5.74, 6) is 1.66. The van der Waals surface area contributed by atoms with Crippen LogP contribution in [0.25, 0.3) is 0 Å². The normalized spacial score (nSPS) is 20.7. The lowest BCUT2D eigenvalue weighted by Crippen LogP contribution is -2.41. The lowest BCUT2D eigenvalue weighted by molar-refractivity contribution is -0.121. The molecule has 142 valence electrons. The van der Waals surface area contributed by atoms with Crippen LogP contribution >= 0.6 is 0 Å². The van der Waals surface area contributed by atoms with E-state index in [1.165, 1.54) is 5.56 Å². The number of nitrogens with zero attached hydrogens (tertiary/aromatic N) is 1. The Bertz CT molecular complexity index is 793. The van der Waals surface area contributed by atoms with Crippen molar-refractivity contribution < 1.29 is 14.3 Å². The van der Waals surface area contributed by atoms with Crippen molar-refractivity contribution in [1.29, 1.82) is 0 Å². The Morgan fingerprint density at radius 3 is 2.67 bits per heavy atom. The molecule has 0 radical (unpaired) electrons. The molecule has 1 fully saturated rings. The van der Waals surface area contributed by atoms with Gasteiger partial charge in [-0.15, -0.1) is 0 Å². The van der Waals surface area contributed by atoms with Gasteiger partial charge in [-0.25, -0.2) is 0 Å². The first-order valence-corrected chi connectivity index (χ1v) is 9.73. The third-order valence-corrected chi connectivity index (χ3v) is 5.37. The lowest BCUT2D eigenvalue weighted by atomic mass is 10.0. The van der Waals surface area contributed by atoms with Gasteiger partial charge in [-0.3, -0.25) is 9.69 Å². The number of para-hydroxylation sites is 1. The summed E-state index contributed by atoms with van der Waals surface area (Å²) in [5.41, 5.74) is 2.02. The number of carbonyl (C=O) groups is 1. The number of amides is 1. The molecule has 1 saturated heterocycles. The van der Waals surface area contributed by atoms with E-state index in [1.54, 1.807) is 0 Å². The van der Waals surface area contributed by atoms with Gasteiger partial charge >= 0.3 is 0 Å². The fraction of sp³-hybridized carbons (Fsp3) is 0.409. The average Bonchev–Trinajstić information content (AvgIpc) is 3.06. The number of nitrogens with one attached hydrogen (secondary N) is 1. The molecule has 2 aromatic carbocycles. The highest BCUT2D eigenvalue weighted by Crippen LogP contribution is 2.38. The summed E-state index contributed by atoms with van der Waals surface area (Å²) in [7, 11) is 0. The van der Waals surface area contributed by atoms with E-state index in [0.29, 0.717) is 13.2 Å². The molecule has 2 heterocycles. The molecular weight excluding hydrogens is 340 g/mol. The van der Waals surface area contributed by atoms with Gasteiger partial charge in [-0.05, 0) is 56.1 Å². The van der Waals surface area contributed by atoms with Gasteiger partial charge in [-0.1, -0.05) is 24.3 Å². The van der Waals surface area contributed by atoms with E-state index in [0.717, 1.165) is 43.0 Å². The van der Waals surface area contributed by atoms with Crippen LogP contribution in [0.15, 0.2) is 48.5 Å². The van der Waals surface area contributed by atoms with Crippen molar-refractivity contribution in [3.8, 4) is 11.5 Å². The first kappa shape index (κ1) is 17.9. The Labute approximate surface area is 160 Å². The van der Waals surface area contributed by atoms with Crippen molar-refractivity contribution >= 4 is 11.6 Å². The van der Waals surface area contributed by atoms with E-state index in [9.17, 15) is 4.79 Å². The summed E-state index contributed by atoms with van der Waals surface area (Å²) < 4.78 is 11.6. The molecule has 5 heteroatoms. The highest BCUT2D eigenvalue weighted by atomic mass is 16.5. The lowest BCUT2D eigenvalue weighted by Gasteiger charge is -2.30. The largest absolute Gasteiger partial charge is 0.490 e. The number of hydrogen-bond donors (Lipinski definition) is 1. The van der Waals surface area contributed by atoms with E-state index in [-0.39, 0.29) is 18.0 Å². The molecule has 2 aliphatic heterocycles. The maximum absolute atomic E-state index is 12.8. The highest BCUT2D eigenvalue weighted by Gasteiger charge is 2.33. The summed E-state index contributed by atoms with van der Waals surface area (Å²) in [6.45, 7) is 4.28. The van der Waals surface area contributed by atoms with Gasteiger partial charge in [0.1, 0.15) is 0 Å². The predicted molar refractivity (Wildman–Crippen MR) is 105 cm³/mol. The Kier molecular flexibility index (Phi) is 5.30. The molecule has 2 atom stereocenters. The second-order valence-electron chi connectivity index (χ2n) is 7.18. The Morgan fingerprint density at radius 1 is 1.07 bits per heavy atom. The molecule has 0 aromatic heterocycles. The molecular formula is C22H26N2O3. The summed E-state index contributed by atoms with van der Waals surface area (Å²) >= 11 is 0. The van der Waals surface area contributed by atoms with Crippen LogP contribution in [-0.2, 0) is 4.79 Å². The van der Waals surface area contributed by atoms with E-state index >= 15 is 0 Å². The molecule has 27 heavy (non-hydrogen) atoms. The second kappa shape index (κ2) is 8.01. The number of hydrogen-bond acceptors (Lipinski definition) is 4. The number of ether oxygens (including phenoxy) is 2. The van der Waals surface area contributed by atoms with Crippen LogP contribution in [0.2, 0.25) is 0 Å². The van der Waals surface area contributed by atoms with Crippen molar-refractivity contribution in [1.82, 2.24) is 4.90 Å². The second-order valence-corrected chi connectivity index (χ2v) is 7.18. The van der Waals surface area contributed by atoms with Crippen molar-refractivity contribution in [2.24, 2.45) is 0 Å². The summed E-state index contributed by atoms with van der Waals surface area (Å²) in [5, 5.41) is 3.02. The smallest absolute Gasteiger partial charge is 0.241 e. The third kappa shape index (κ3) is 3.93. The van der Waals surface area contributed by atoms with Crippen LogP contribution in [0.4, 0.5) is 5.69 Å². The number of benzene rings is 2. The molecule has 4 rings (SSSR count). The van der Waals surface area contributed by atoms with Crippen LogP contribution < -0.4 is 14.8 Å². The number of anilines is 1. The zero-order valence-corrected chi connectivity index (χ0v) is 15.7. The molecule has 0 bridgehead atoms. The van der Waals surface area contributed by atoms with Gasteiger partial charge in [0.25, 0.3) is 0 Å². The fourth-order valence-electron chi connectivity index (χ4n) is 3.92. The van der Waals surface area contributed by atoms with Crippen molar-refractivity contribution in [3.05, 3.63) is 54.1 Å². The van der Waals surface area contributed by atoms with Crippen LogP contribution in [0.1, 0.15) is 37.8 Å². The summed E-state index contributed by atoms with van der Waals surface area (Å²) in [6, 6.07) is 15.8. The van der Waals surface area contributed by atoms with Crippen molar-refractivity contribution in [2.75, 3.05) is 25.1 Å². The topological polar surface area (TPSA) is 50.8 Å². The zero-order chi connectivity index (χ0) is 18.6. The zero-order valence-electron chi connectivity index (χ0n) is 15.7. The average molecular weight is 366 g/mol. The SMILES string of the molecule is C[C@H](C(=O)Nc1ccccc1)N1CCC[C@@H]1c1ccc2c(c1)OCCCO2.